The van der Waals surface area contributed by atoms with Crippen molar-refractivity contribution in [2.45, 2.75) is 12.8 Å². The SMILES string of the molecule is C=CC(=O)NCCCCOc1ccc(O)c2c(O)c3ccccc3c(O)c12. The van der Waals surface area contributed by atoms with Crippen LogP contribution >= 0.6 is 0 Å². The quantitative estimate of drug-likeness (QED) is 0.221. The third kappa shape index (κ3) is 3.60. The first-order valence-corrected chi connectivity index (χ1v) is 8.66. The van der Waals surface area contributed by atoms with Gasteiger partial charge in [0.2, 0.25) is 5.91 Å². The maximum Gasteiger partial charge on any atom is 0.243 e. The Morgan fingerprint density at radius 2 is 1.67 bits per heavy atom. The summed E-state index contributed by atoms with van der Waals surface area (Å²) in [6.07, 6.45) is 2.62. The second kappa shape index (κ2) is 7.86. The molecule has 0 aliphatic rings. The summed E-state index contributed by atoms with van der Waals surface area (Å²) in [4.78, 5) is 11.1. The lowest BCUT2D eigenvalue weighted by atomic mass is 9.99. The Balaban J connectivity index is 1.85. The fraction of sp³-hybridized carbons (Fsp3) is 0.190. The van der Waals surface area contributed by atoms with Crippen molar-refractivity contribution in [1.82, 2.24) is 5.32 Å². The number of phenolic OH excluding ortho intramolecular Hbond substituents is 3. The maximum atomic E-state index is 11.1. The Bertz CT molecular complexity index is 1010. The zero-order chi connectivity index (χ0) is 19.4. The summed E-state index contributed by atoms with van der Waals surface area (Å²) in [6.45, 7) is 4.26. The first kappa shape index (κ1) is 18.4. The Morgan fingerprint density at radius 3 is 2.33 bits per heavy atom. The minimum Gasteiger partial charge on any atom is -0.507 e. The number of rotatable bonds is 7. The molecule has 0 atom stereocenters. The molecule has 0 saturated carbocycles. The van der Waals surface area contributed by atoms with Gasteiger partial charge < -0.3 is 25.4 Å². The third-order valence-corrected chi connectivity index (χ3v) is 4.37. The Morgan fingerprint density at radius 1 is 1.00 bits per heavy atom. The van der Waals surface area contributed by atoms with Crippen molar-refractivity contribution in [3.63, 3.8) is 0 Å². The molecule has 0 aromatic heterocycles. The van der Waals surface area contributed by atoms with Crippen LogP contribution in [-0.2, 0) is 4.79 Å². The first-order valence-electron chi connectivity index (χ1n) is 8.66. The number of carbonyl (C=O) groups is 1. The monoisotopic (exact) mass is 367 g/mol. The number of fused-ring (bicyclic) bond motifs is 2. The van der Waals surface area contributed by atoms with Crippen molar-refractivity contribution < 1.29 is 24.9 Å². The molecule has 1 amide bonds. The standard InChI is InChI=1S/C21H21NO5/c1-2-17(24)22-11-5-6-12-27-16-10-9-15(23)18-19(16)21(26)14-8-4-3-7-13(14)20(18)25/h2-4,7-10,23,25-26H,1,5-6,11-12H2,(H,22,24). The number of hydrogen-bond donors (Lipinski definition) is 4. The molecule has 0 heterocycles. The molecule has 6 heteroatoms. The van der Waals surface area contributed by atoms with Crippen molar-refractivity contribution in [2.24, 2.45) is 0 Å². The van der Waals surface area contributed by atoms with E-state index in [0.717, 1.165) is 6.42 Å². The molecule has 0 radical (unpaired) electrons. The molecule has 3 aromatic carbocycles. The molecule has 3 rings (SSSR count). The molecular weight excluding hydrogens is 346 g/mol. The summed E-state index contributed by atoms with van der Waals surface area (Å²) in [5, 5.41) is 35.5. The van der Waals surface area contributed by atoms with Crippen LogP contribution < -0.4 is 10.1 Å². The summed E-state index contributed by atoms with van der Waals surface area (Å²) in [5.74, 6) is -0.136. The van der Waals surface area contributed by atoms with Crippen LogP contribution in [0.2, 0.25) is 0 Å². The number of ether oxygens (including phenoxy) is 1. The number of benzene rings is 3. The maximum absolute atomic E-state index is 11.1. The molecule has 4 N–H and O–H groups in total. The zero-order valence-corrected chi connectivity index (χ0v) is 14.7. The molecule has 0 bridgehead atoms. The van der Waals surface area contributed by atoms with E-state index in [1.54, 1.807) is 30.3 Å². The van der Waals surface area contributed by atoms with Gasteiger partial charge in [0.15, 0.2) is 0 Å². The normalized spacial score (nSPS) is 10.8. The van der Waals surface area contributed by atoms with Crippen LogP contribution in [0.4, 0.5) is 0 Å². The van der Waals surface area contributed by atoms with Gasteiger partial charge in [-0.3, -0.25) is 4.79 Å². The molecule has 0 spiro atoms. The van der Waals surface area contributed by atoms with Gasteiger partial charge in [0.05, 0.1) is 17.4 Å². The molecule has 0 fully saturated rings. The number of amides is 1. The molecule has 0 aliphatic heterocycles. The minimum absolute atomic E-state index is 0.0532. The van der Waals surface area contributed by atoms with Gasteiger partial charge in [-0.1, -0.05) is 30.8 Å². The number of aromatic hydroxyl groups is 3. The Hall–Kier alpha value is -3.41. The molecule has 27 heavy (non-hydrogen) atoms. The van der Waals surface area contributed by atoms with Crippen LogP contribution in [0.15, 0.2) is 49.1 Å². The zero-order valence-electron chi connectivity index (χ0n) is 14.7. The van der Waals surface area contributed by atoms with Gasteiger partial charge in [0.1, 0.15) is 23.0 Å². The summed E-state index contributed by atoms with van der Waals surface area (Å²) < 4.78 is 5.78. The van der Waals surface area contributed by atoms with Gasteiger partial charge in [-0.2, -0.15) is 0 Å². The van der Waals surface area contributed by atoms with E-state index in [1.807, 2.05) is 0 Å². The van der Waals surface area contributed by atoms with Gasteiger partial charge in [0, 0.05) is 17.3 Å². The smallest absolute Gasteiger partial charge is 0.243 e. The van der Waals surface area contributed by atoms with E-state index in [0.29, 0.717) is 36.1 Å². The van der Waals surface area contributed by atoms with Gasteiger partial charge in [-0.15, -0.1) is 0 Å². The number of phenols is 3. The largest absolute Gasteiger partial charge is 0.507 e. The molecule has 6 nitrogen and oxygen atoms in total. The van der Waals surface area contributed by atoms with Crippen LogP contribution in [0.25, 0.3) is 21.5 Å². The van der Waals surface area contributed by atoms with Crippen LogP contribution in [0.5, 0.6) is 23.0 Å². The number of nitrogens with one attached hydrogen (secondary N) is 1. The van der Waals surface area contributed by atoms with Gasteiger partial charge in [0.25, 0.3) is 0 Å². The van der Waals surface area contributed by atoms with Crippen LogP contribution in [0.3, 0.4) is 0 Å². The van der Waals surface area contributed by atoms with Gasteiger partial charge in [-0.05, 0) is 31.1 Å². The number of carbonyl (C=O) groups excluding carboxylic acids is 1. The van der Waals surface area contributed by atoms with Crippen LogP contribution in [-0.4, -0.2) is 34.4 Å². The topological polar surface area (TPSA) is 99.0 Å². The average Bonchev–Trinajstić information content (AvgIpc) is 2.69. The first-order chi connectivity index (χ1) is 13.0. The fourth-order valence-electron chi connectivity index (χ4n) is 3.03. The number of unbranched alkanes of at least 4 members (excludes halogenated alkanes) is 1. The molecular formula is C21H21NO5. The van der Waals surface area contributed by atoms with E-state index < -0.39 is 0 Å². The lowest BCUT2D eigenvalue weighted by Crippen LogP contribution is -2.22. The van der Waals surface area contributed by atoms with E-state index in [4.69, 9.17) is 4.74 Å². The van der Waals surface area contributed by atoms with Crippen molar-refractivity contribution >= 4 is 27.5 Å². The van der Waals surface area contributed by atoms with Crippen LogP contribution in [0, 0.1) is 0 Å². The van der Waals surface area contributed by atoms with Gasteiger partial charge >= 0.3 is 0 Å². The highest BCUT2D eigenvalue weighted by atomic mass is 16.5. The van der Waals surface area contributed by atoms with Crippen molar-refractivity contribution in [1.29, 1.82) is 0 Å². The summed E-state index contributed by atoms with van der Waals surface area (Å²) in [5.41, 5.74) is 0. The summed E-state index contributed by atoms with van der Waals surface area (Å²) in [7, 11) is 0. The van der Waals surface area contributed by atoms with E-state index in [-0.39, 0.29) is 33.9 Å². The van der Waals surface area contributed by atoms with E-state index >= 15 is 0 Å². The molecule has 0 aliphatic carbocycles. The molecule has 0 unspecified atom stereocenters. The van der Waals surface area contributed by atoms with E-state index in [1.165, 1.54) is 12.1 Å². The molecule has 3 aromatic rings. The fourth-order valence-corrected chi connectivity index (χ4v) is 3.03. The molecule has 140 valence electrons. The third-order valence-electron chi connectivity index (χ3n) is 4.37. The van der Waals surface area contributed by atoms with Crippen molar-refractivity contribution in [3.8, 4) is 23.0 Å². The predicted octanol–water partition coefficient (Wildman–Crippen LogP) is 3.57. The van der Waals surface area contributed by atoms with Gasteiger partial charge in [-0.25, -0.2) is 0 Å². The highest BCUT2D eigenvalue weighted by molar-refractivity contribution is 6.14. The van der Waals surface area contributed by atoms with E-state index in [9.17, 15) is 20.1 Å². The van der Waals surface area contributed by atoms with Crippen molar-refractivity contribution in [3.05, 3.63) is 49.1 Å². The lowest BCUT2D eigenvalue weighted by Gasteiger charge is -2.15. The van der Waals surface area contributed by atoms with Crippen LogP contribution in [0.1, 0.15) is 12.8 Å². The predicted molar refractivity (Wildman–Crippen MR) is 104 cm³/mol. The minimum atomic E-state index is -0.215. The molecule has 0 saturated heterocycles. The average molecular weight is 367 g/mol. The highest BCUT2D eigenvalue weighted by Gasteiger charge is 2.19. The summed E-state index contributed by atoms with van der Waals surface area (Å²) >= 11 is 0. The number of hydrogen-bond acceptors (Lipinski definition) is 5. The van der Waals surface area contributed by atoms with Crippen molar-refractivity contribution in [2.75, 3.05) is 13.2 Å². The second-order valence-corrected chi connectivity index (χ2v) is 6.13. The van der Waals surface area contributed by atoms with E-state index in [2.05, 4.69) is 11.9 Å². The Labute approximate surface area is 156 Å². The lowest BCUT2D eigenvalue weighted by molar-refractivity contribution is -0.116. The second-order valence-electron chi connectivity index (χ2n) is 6.13. The Kier molecular flexibility index (Phi) is 5.35. The highest BCUT2D eigenvalue weighted by Crippen LogP contribution is 2.48. The summed E-state index contributed by atoms with van der Waals surface area (Å²) in [6, 6.07) is 9.86.